The number of alkyl halides is 3. The minimum Gasteiger partial charge on any atom is -0.319 e. The van der Waals surface area contributed by atoms with Gasteiger partial charge in [0.1, 0.15) is 0 Å². The molecule has 2 N–H and O–H groups in total. The van der Waals surface area contributed by atoms with E-state index in [1.165, 1.54) is 10.7 Å². The van der Waals surface area contributed by atoms with E-state index < -0.39 is 17.8 Å². The third-order valence-corrected chi connectivity index (χ3v) is 3.56. The number of nitrogens with two attached hydrogens (primary N) is 1. The molecule has 2 aromatic rings. The first-order valence-electron chi connectivity index (χ1n) is 5.41. The van der Waals surface area contributed by atoms with Crippen LogP contribution in [-0.4, -0.2) is 9.78 Å². The summed E-state index contributed by atoms with van der Waals surface area (Å²) in [5.74, 6) is 0. The highest BCUT2D eigenvalue weighted by Gasteiger charge is 2.31. The zero-order valence-electron chi connectivity index (χ0n) is 9.95. The lowest BCUT2D eigenvalue weighted by Gasteiger charge is -2.16. The van der Waals surface area contributed by atoms with Crippen LogP contribution in [0.4, 0.5) is 13.2 Å². The Labute approximate surface area is 116 Å². The minimum absolute atomic E-state index is 0.374. The average molecular weight is 334 g/mol. The van der Waals surface area contributed by atoms with E-state index in [1.807, 2.05) is 0 Å². The molecule has 102 valence electrons. The van der Waals surface area contributed by atoms with Gasteiger partial charge in [-0.1, -0.05) is 15.9 Å². The van der Waals surface area contributed by atoms with E-state index in [4.69, 9.17) is 5.73 Å². The Morgan fingerprint density at radius 3 is 2.53 bits per heavy atom. The molecule has 0 fully saturated rings. The highest BCUT2D eigenvalue weighted by atomic mass is 79.9. The zero-order chi connectivity index (χ0) is 14.2. The molecule has 0 saturated carbocycles. The molecule has 1 heterocycles. The number of aromatic nitrogens is 2. The van der Waals surface area contributed by atoms with Crippen molar-refractivity contribution in [2.45, 2.75) is 12.2 Å². The molecule has 2 rings (SSSR count). The fraction of sp³-hybridized carbons (Fsp3) is 0.250. The topological polar surface area (TPSA) is 43.8 Å². The molecule has 3 nitrogen and oxygen atoms in total. The van der Waals surface area contributed by atoms with Crippen LogP contribution in [0.1, 0.15) is 22.9 Å². The fourth-order valence-corrected chi connectivity index (χ4v) is 2.30. The molecule has 0 aliphatic carbocycles. The molecular weight excluding hydrogens is 323 g/mol. The predicted octanol–water partition coefficient (Wildman–Crippen LogP) is 3.25. The van der Waals surface area contributed by atoms with Gasteiger partial charge in [-0.25, -0.2) is 0 Å². The molecule has 7 heteroatoms. The maximum atomic E-state index is 12.7. The second-order valence-corrected chi connectivity index (χ2v) is 4.95. The number of aryl methyl sites for hydroxylation is 1. The number of hydrogen-bond donors (Lipinski definition) is 1. The molecule has 1 atom stereocenters. The van der Waals surface area contributed by atoms with Gasteiger partial charge in [-0.2, -0.15) is 18.3 Å². The van der Waals surface area contributed by atoms with Crippen molar-refractivity contribution in [3.63, 3.8) is 0 Å². The van der Waals surface area contributed by atoms with Gasteiger partial charge in [0, 0.05) is 17.7 Å². The van der Waals surface area contributed by atoms with Gasteiger partial charge in [-0.3, -0.25) is 4.68 Å². The van der Waals surface area contributed by atoms with Gasteiger partial charge in [0.05, 0.1) is 17.3 Å². The van der Waals surface area contributed by atoms with E-state index in [0.29, 0.717) is 15.7 Å². The molecule has 0 bridgehead atoms. The van der Waals surface area contributed by atoms with Crippen molar-refractivity contribution in [1.82, 2.24) is 9.78 Å². The molecular formula is C12H11BrF3N3. The first kappa shape index (κ1) is 14.1. The quantitative estimate of drug-likeness (QED) is 0.916. The first-order chi connectivity index (χ1) is 8.80. The molecule has 0 spiro atoms. The second kappa shape index (κ2) is 4.97. The molecule has 1 aromatic carbocycles. The van der Waals surface area contributed by atoms with E-state index in [-0.39, 0.29) is 0 Å². The summed E-state index contributed by atoms with van der Waals surface area (Å²) in [6.07, 6.45) is -2.83. The third kappa shape index (κ3) is 2.82. The lowest BCUT2D eigenvalue weighted by molar-refractivity contribution is -0.137. The van der Waals surface area contributed by atoms with Gasteiger partial charge in [0.15, 0.2) is 0 Å². The molecule has 0 saturated heterocycles. The van der Waals surface area contributed by atoms with Crippen molar-refractivity contribution < 1.29 is 13.2 Å². The lowest BCUT2D eigenvalue weighted by Crippen LogP contribution is -2.17. The van der Waals surface area contributed by atoms with Crippen LogP contribution in [0, 0.1) is 0 Å². The predicted molar refractivity (Wildman–Crippen MR) is 68.4 cm³/mol. The number of benzene rings is 1. The van der Waals surface area contributed by atoms with Crippen LogP contribution in [0.3, 0.4) is 0 Å². The van der Waals surface area contributed by atoms with Gasteiger partial charge in [-0.15, -0.1) is 0 Å². The monoisotopic (exact) mass is 333 g/mol. The SMILES string of the molecule is Cn1nccc1C(N)c1cc(C(F)(F)F)ccc1Br. The van der Waals surface area contributed by atoms with Crippen LogP contribution < -0.4 is 5.73 Å². The standard InChI is InChI=1S/C12H11BrF3N3/c1-19-10(4-5-18-19)11(17)8-6-7(12(14,15)16)2-3-9(8)13/h2-6,11H,17H2,1H3. The molecule has 1 unspecified atom stereocenters. The summed E-state index contributed by atoms with van der Waals surface area (Å²) in [6, 6.07) is 4.43. The normalized spacial score (nSPS) is 13.6. The minimum atomic E-state index is -4.39. The Morgan fingerprint density at radius 1 is 1.32 bits per heavy atom. The van der Waals surface area contributed by atoms with E-state index in [2.05, 4.69) is 21.0 Å². The summed E-state index contributed by atoms with van der Waals surface area (Å²) in [5, 5.41) is 3.96. The number of rotatable bonds is 2. The molecule has 19 heavy (non-hydrogen) atoms. The highest BCUT2D eigenvalue weighted by molar-refractivity contribution is 9.10. The Balaban J connectivity index is 2.47. The summed E-state index contributed by atoms with van der Waals surface area (Å²) in [7, 11) is 1.69. The van der Waals surface area contributed by atoms with Crippen molar-refractivity contribution in [2.24, 2.45) is 12.8 Å². The maximum absolute atomic E-state index is 12.7. The van der Waals surface area contributed by atoms with E-state index in [9.17, 15) is 13.2 Å². The fourth-order valence-electron chi connectivity index (χ4n) is 1.81. The summed E-state index contributed by atoms with van der Waals surface area (Å²) in [4.78, 5) is 0. The van der Waals surface area contributed by atoms with Crippen molar-refractivity contribution in [2.75, 3.05) is 0 Å². The molecule has 1 aromatic heterocycles. The van der Waals surface area contributed by atoms with Crippen LogP contribution >= 0.6 is 15.9 Å². The summed E-state index contributed by atoms with van der Waals surface area (Å²) >= 11 is 3.23. The molecule has 0 aliphatic rings. The van der Waals surface area contributed by atoms with E-state index >= 15 is 0 Å². The van der Waals surface area contributed by atoms with Gasteiger partial charge < -0.3 is 5.73 Å². The van der Waals surface area contributed by atoms with Gasteiger partial charge in [0.25, 0.3) is 0 Å². The Morgan fingerprint density at radius 2 is 2.00 bits per heavy atom. The zero-order valence-corrected chi connectivity index (χ0v) is 11.5. The van der Waals surface area contributed by atoms with Crippen molar-refractivity contribution in [3.05, 3.63) is 51.8 Å². The summed E-state index contributed by atoms with van der Waals surface area (Å²) in [5.41, 5.74) is 6.31. The Hall–Kier alpha value is -1.34. The summed E-state index contributed by atoms with van der Waals surface area (Å²) in [6.45, 7) is 0. The van der Waals surface area contributed by atoms with Crippen LogP contribution in [0.5, 0.6) is 0 Å². The van der Waals surface area contributed by atoms with Crippen molar-refractivity contribution in [1.29, 1.82) is 0 Å². The number of hydrogen-bond acceptors (Lipinski definition) is 2. The number of halogens is 4. The second-order valence-electron chi connectivity index (χ2n) is 4.09. The van der Waals surface area contributed by atoms with Crippen LogP contribution in [0.25, 0.3) is 0 Å². The first-order valence-corrected chi connectivity index (χ1v) is 6.20. The van der Waals surface area contributed by atoms with Crippen molar-refractivity contribution in [3.8, 4) is 0 Å². The largest absolute Gasteiger partial charge is 0.416 e. The molecule has 0 radical (unpaired) electrons. The Bertz CT molecular complexity index is 592. The summed E-state index contributed by atoms with van der Waals surface area (Å²) < 4.78 is 40.2. The van der Waals surface area contributed by atoms with Gasteiger partial charge in [0.2, 0.25) is 0 Å². The maximum Gasteiger partial charge on any atom is 0.416 e. The lowest BCUT2D eigenvalue weighted by atomic mass is 10.0. The number of nitrogens with zero attached hydrogens (tertiary/aromatic N) is 2. The van der Waals surface area contributed by atoms with Gasteiger partial charge in [-0.05, 0) is 29.8 Å². The van der Waals surface area contributed by atoms with Crippen molar-refractivity contribution >= 4 is 15.9 Å². The Kier molecular flexibility index (Phi) is 3.69. The molecule has 0 amide bonds. The molecule has 0 aliphatic heterocycles. The van der Waals surface area contributed by atoms with E-state index in [0.717, 1.165) is 12.1 Å². The van der Waals surface area contributed by atoms with E-state index in [1.54, 1.807) is 19.3 Å². The van der Waals surface area contributed by atoms with Gasteiger partial charge >= 0.3 is 6.18 Å². The average Bonchev–Trinajstić information content (AvgIpc) is 2.73. The van der Waals surface area contributed by atoms with Crippen LogP contribution in [0.2, 0.25) is 0 Å². The third-order valence-electron chi connectivity index (χ3n) is 2.84. The van der Waals surface area contributed by atoms with Crippen LogP contribution in [0.15, 0.2) is 34.9 Å². The highest BCUT2D eigenvalue weighted by Crippen LogP contribution is 2.34. The smallest absolute Gasteiger partial charge is 0.319 e. The van der Waals surface area contributed by atoms with Crippen LogP contribution in [-0.2, 0) is 13.2 Å².